The molecule has 0 radical (unpaired) electrons. The molecule has 2 aromatic carbocycles. The summed E-state index contributed by atoms with van der Waals surface area (Å²) in [6.07, 6.45) is 8.96. The largest absolute Gasteiger partial charge is 0.460 e. The first-order valence-electron chi connectivity index (χ1n) is 12.6. The maximum atomic E-state index is 6.26. The van der Waals surface area contributed by atoms with Crippen molar-refractivity contribution in [3.8, 4) is 10.6 Å². The molecule has 0 aliphatic heterocycles. The van der Waals surface area contributed by atoms with Crippen LogP contribution in [0.5, 0.6) is 0 Å². The standard InChI is InChI=1S/C30H26OS4/c1-2-3-4-5-6-7-8-20-9-10-23(31-20)28-15-19-14-22-27(17-25(19)33-28)35-29-21-13-18-11-12-32-24(18)16-26(21)34-30(22)29/h9-17H,2-8H2,1H3. The lowest BCUT2D eigenvalue weighted by Gasteiger charge is -1.99. The van der Waals surface area contributed by atoms with E-state index in [1.54, 1.807) is 0 Å². The molecule has 0 aliphatic rings. The molecule has 0 saturated heterocycles. The van der Waals surface area contributed by atoms with E-state index >= 15 is 0 Å². The highest BCUT2D eigenvalue weighted by atomic mass is 32.1. The van der Waals surface area contributed by atoms with E-state index in [9.17, 15) is 0 Å². The second kappa shape index (κ2) is 9.04. The summed E-state index contributed by atoms with van der Waals surface area (Å²) in [6.45, 7) is 2.27. The summed E-state index contributed by atoms with van der Waals surface area (Å²) in [5.74, 6) is 2.14. The quantitative estimate of drug-likeness (QED) is 0.178. The zero-order valence-corrected chi connectivity index (χ0v) is 23.0. The summed E-state index contributed by atoms with van der Waals surface area (Å²) >= 11 is 7.58. The molecule has 176 valence electrons. The maximum Gasteiger partial charge on any atom is 0.144 e. The SMILES string of the molecule is CCCCCCCCc1ccc(-c2cc3cc4c(cc3s2)sc2c3cc5ccsc5cc3sc42)o1. The van der Waals surface area contributed by atoms with Crippen LogP contribution in [0.2, 0.25) is 0 Å². The highest BCUT2D eigenvalue weighted by molar-refractivity contribution is 7.37. The van der Waals surface area contributed by atoms with Crippen molar-refractivity contribution in [1.29, 1.82) is 0 Å². The van der Waals surface area contributed by atoms with Gasteiger partial charge < -0.3 is 4.42 Å². The Labute approximate surface area is 220 Å². The summed E-state index contributed by atoms with van der Waals surface area (Å²) in [5, 5.41) is 7.69. The molecule has 0 amide bonds. The van der Waals surface area contributed by atoms with Gasteiger partial charge >= 0.3 is 0 Å². The normalized spacial score (nSPS) is 12.4. The van der Waals surface area contributed by atoms with Gasteiger partial charge in [-0.05, 0) is 71.1 Å². The van der Waals surface area contributed by atoms with Crippen LogP contribution in [0.3, 0.4) is 0 Å². The van der Waals surface area contributed by atoms with Crippen LogP contribution in [0, 0.1) is 0 Å². The number of hydrogen-bond acceptors (Lipinski definition) is 5. The van der Waals surface area contributed by atoms with E-state index < -0.39 is 0 Å². The van der Waals surface area contributed by atoms with Gasteiger partial charge in [-0.1, -0.05) is 39.0 Å². The predicted octanol–water partition coefficient (Wildman–Crippen LogP) is 11.9. The predicted molar refractivity (Wildman–Crippen MR) is 160 cm³/mol. The van der Waals surface area contributed by atoms with Crippen LogP contribution in [-0.4, -0.2) is 0 Å². The topological polar surface area (TPSA) is 13.1 Å². The van der Waals surface area contributed by atoms with Crippen molar-refractivity contribution < 1.29 is 4.42 Å². The van der Waals surface area contributed by atoms with Gasteiger partial charge in [0.15, 0.2) is 0 Å². The van der Waals surface area contributed by atoms with E-state index in [0.717, 1.165) is 17.9 Å². The smallest absolute Gasteiger partial charge is 0.144 e. The summed E-state index contributed by atoms with van der Waals surface area (Å²) in [6, 6.07) is 18.5. The zero-order chi connectivity index (χ0) is 23.4. The molecular weight excluding hydrogens is 505 g/mol. The Morgan fingerprint density at radius 1 is 0.657 bits per heavy atom. The van der Waals surface area contributed by atoms with Gasteiger partial charge in [0, 0.05) is 36.0 Å². The van der Waals surface area contributed by atoms with E-state index in [2.05, 4.69) is 60.8 Å². The van der Waals surface area contributed by atoms with Crippen molar-refractivity contribution in [2.45, 2.75) is 51.9 Å². The minimum Gasteiger partial charge on any atom is -0.460 e. The number of aryl methyl sites for hydroxylation is 1. The molecular formula is C30H26OS4. The number of benzene rings is 2. The zero-order valence-electron chi connectivity index (χ0n) is 19.7. The maximum absolute atomic E-state index is 6.26. The molecule has 5 heterocycles. The van der Waals surface area contributed by atoms with Crippen LogP contribution < -0.4 is 0 Å². The third-order valence-electron chi connectivity index (χ3n) is 6.97. The average Bonchev–Trinajstić information content (AvgIpc) is 3.67. The number of fused-ring (bicyclic) bond motifs is 7. The molecule has 7 rings (SSSR count). The number of furan rings is 1. The fourth-order valence-electron chi connectivity index (χ4n) is 5.10. The Morgan fingerprint density at radius 3 is 2.23 bits per heavy atom. The van der Waals surface area contributed by atoms with Gasteiger partial charge in [0.2, 0.25) is 0 Å². The van der Waals surface area contributed by atoms with Crippen LogP contribution in [0.15, 0.2) is 58.3 Å². The second-order valence-electron chi connectivity index (χ2n) is 9.45. The van der Waals surface area contributed by atoms with Crippen molar-refractivity contribution in [2.24, 2.45) is 0 Å². The van der Waals surface area contributed by atoms with Crippen LogP contribution in [0.1, 0.15) is 51.2 Å². The lowest BCUT2D eigenvalue weighted by atomic mass is 10.1. The van der Waals surface area contributed by atoms with Crippen LogP contribution in [-0.2, 0) is 6.42 Å². The van der Waals surface area contributed by atoms with Gasteiger partial charge in [-0.3, -0.25) is 0 Å². The monoisotopic (exact) mass is 530 g/mol. The van der Waals surface area contributed by atoms with Crippen molar-refractivity contribution in [3.05, 3.63) is 59.7 Å². The molecule has 0 unspecified atom stereocenters. The first-order chi connectivity index (χ1) is 17.3. The molecule has 0 atom stereocenters. The van der Waals surface area contributed by atoms with Crippen LogP contribution in [0.25, 0.3) is 60.4 Å². The highest BCUT2D eigenvalue weighted by Gasteiger charge is 2.16. The Balaban J connectivity index is 1.19. The van der Waals surface area contributed by atoms with E-state index in [1.165, 1.54) is 93.1 Å². The van der Waals surface area contributed by atoms with E-state index in [1.807, 2.05) is 45.3 Å². The minimum absolute atomic E-state index is 1.02. The second-order valence-corrected chi connectivity index (χ2v) is 13.6. The number of unbranched alkanes of at least 4 members (excludes halogenated alkanes) is 5. The molecule has 0 bridgehead atoms. The fourth-order valence-corrected chi connectivity index (χ4v) is 9.78. The number of hydrogen-bond donors (Lipinski definition) is 0. The fraction of sp³-hybridized carbons (Fsp3) is 0.267. The molecule has 35 heavy (non-hydrogen) atoms. The summed E-state index contributed by atoms with van der Waals surface area (Å²) < 4.78 is 14.7. The Hall–Kier alpha value is -2.18. The summed E-state index contributed by atoms with van der Waals surface area (Å²) in [5.41, 5.74) is 0. The van der Waals surface area contributed by atoms with Crippen LogP contribution >= 0.6 is 45.3 Å². The molecule has 0 N–H and O–H groups in total. The Morgan fingerprint density at radius 2 is 1.40 bits per heavy atom. The Bertz CT molecular complexity index is 1800. The first-order valence-corrected chi connectivity index (χ1v) is 15.9. The first kappa shape index (κ1) is 22.1. The van der Waals surface area contributed by atoms with E-state index in [-0.39, 0.29) is 0 Å². The van der Waals surface area contributed by atoms with Crippen molar-refractivity contribution >= 4 is 95.1 Å². The molecule has 7 aromatic rings. The molecule has 1 nitrogen and oxygen atoms in total. The van der Waals surface area contributed by atoms with E-state index in [0.29, 0.717) is 0 Å². The third-order valence-corrected chi connectivity index (χ3v) is 11.5. The molecule has 0 fully saturated rings. The Kier molecular flexibility index (Phi) is 5.70. The van der Waals surface area contributed by atoms with E-state index in [4.69, 9.17) is 4.42 Å². The highest BCUT2D eigenvalue weighted by Crippen LogP contribution is 2.47. The molecule has 5 heteroatoms. The van der Waals surface area contributed by atoms with Gasteiger partial charge in [-0.25, -0.2) is 0 Å². The molecule has 0 spiro atoms. The number of thiophene rings is 4. The van der Waals surface area contributed by atoms with Crippen molar-refractivity contribution in [1.82, 2.24) is 0 Å². The van der Waals surface area contributed by atoms with Gasteiger partial charge in [0.05, 0.1) is 14.3 Å². The van der Waals surface area contributed by atoms with Gasteiger partial charge in [-0.2, -0.15) is 0 Å². The van der Waals surface area contributed by atoms with Crippen molar-refractivity contribution in [2.75, 3.05) is 0 Å². The average molecular weight is 531 g/mol. The minimum atomic E-state index is 1.02. The number of rotatable bonds is 8. The summed E-state index contributed by atoms with van der Waals surface area (Å²) in [4.78, 5) is 1.24. The lowest BCUT2D eigenvalue weighted by Crippen LogP contribution is -1.83. The van der Waals surface area contributed by atoms with Gasteiger partial charge in [0.1, 0.15) is 11.5 Å². The van der Waals surface area contributed by atoms with Crippen LogP contribution in [0.4, 0.5) is 0 Å². The lowest BCUT2D eigenvalue weighted by molar-refractivity contribution is 0.503. The molecule has 0 saturated carbocycles. The third kappa shape index (κ3) is 3.93. The molecule has 0 aliphatic carbocycles. The summed E-state index contributed by atoms with van der Waals surface area (Å²) in [7, 11) is 0. The van der Waals surface area contributed by atoms with Crippen molar-refractivity contribution in [3.63, 3.8) is 0 Å². The van der Waals surface area contributed by atoms with Gasteiger partial charge in [0.25, 0.3) is 0 Å². The molecule has 5 aromatic heterocycles. The van der Waals surface area contributed by atoms with Gasteiger partial charge in [-0.15, -0.1) is 45.3 Å².